The number of anilines is 2. The minimum Gasteiger partial charge on any atom is -0.494 e. The Labute approximate surface area is 213 Å². The van der Waals surface area contributed by atoms with Gasteiger partial charge in [-0.25, -0.2) is 9.69 Å². The van der Waals surface area contributed by atoms with Gasteiger partial charge in [-0.2, -0.15) is 0 Å². The molecule has 2 heterocycles. The second kappa shape index (κ2) is 9.95. The Morgan fingerprint density at radius 1 is 1.09 bits per heavy atom. The Kier molecular flexibility index (Phi) is 6.75. The lowest BCUT2D eigenvalue weighted by molar-refractivity contribution is -0.124. The fourth-order valence-electron chi connectivity index (χ4n) is 4.88. The SMILES string of the molecule is CCOc1ccc(NC(=O)CN2C(=O)N(c3ccc(Cl)cc3)C(=O)C3C4=C(CCCC4)SC32)cc1. The molecular weight excluding hydrogens is 486 g/mol. The average molecular weight is 512 g/mol. The molecule has 35 heavy (non-hydrogen) atoms. The molecule has 1 fully saturated rings. The maximum Gasteiger partial charge on any atom is 0.332 e. The lowest BCUT2D eigenvalue weighted by Gasteiger charge is -2.42. The zero-order chi connectivity index (χ0) is 24.5. The van der Waals surface area contributed by atoms with Crippen LogP contribution in [-0.2, 0) is 9.59 Å². The molecule has 2 unspecified atom stereocenters. The number of nitrogens with one attached hydrogen (secondary N) is 1. The van der Waals surface area contributed by atoms with Crippen molar-refractivity contribution in [2.75, 3.05) is 23.4 Å². The molecule has 0 spiro atoms. The van der Waals surface area contributed by atoms with Crippen molar-refractivity contribution in [3.8, 4) is 5.75 Å². The van der Waals surface area contributed by atoms with Crippen LogP contribution in [-0.4, -0.2) is 41.3 Å². The van der Waals surface area contributed by atoms with Gasteiger partial charge in [-0.3, -0.25) is 9.59 Å². The summed E-state index contributed by atoms with van der Waals surface area (Å²) in [5.41, 5.74) is 2.19. The van der Waals surface area contributed by atoms with E-state index in [9.17, 15) is 14.4 Å². The van der Waals surface area contributed by atoms with Gasteiger partial charge in [-0.15, -0.1) is 11.8 Å². The molecule has 4 amide bonds. The number of thioether (sulfide) groups is 1. The first-order valence-electron chi connectivity index (χ1n) is 11.8. The average Bonchev–Trinajstić information content (AvgIpc) is 3.24. The Morgan fingerprint density at radius 3 is 2.51 bits per heavy atom. The minimum absolute atomic E-state index is 0.155. The number of benzene rings is 2. The molecule has 2 aromatic carbocycles. The second-order valence-electron chi connectivity index (χ2n) is 8.71. The number of fused-ring (bicyclic) bond motifs is 2. The number of urea groups is 1. The highest BCUT2D eigenvalue weighted by atomic mass is 35.5. The standard InChI is InChI=1S/C26H26ClN3O4S/c1-2-34-19-13-9-17(10-14-19)28-22(31)15-29-25-23(20-5-3-4-6-21(20)35-25)24(32)30(26(29)33)18-11-7-16(27)8-12-18/h7-14,23,25H,2-6,15H2,1H3,(H,28,31). The number of carbonyl (C=O) groups excluding carboxylic acids is 3. The maximum atomic E-state index is 13.7. The van der Waals surface area contributed by atoms with Crippen LogP contribution in [0.5, 0.6) is 5.75 Å². The number of nitrogens with zero attached hydrogens (tertiary/aromatic N) is 2. The van der Waals surface area contributed by atoms with Crippen molar-refractivity contribution in [1.29, 1.82) is 0 Å². The van der Waals surface area contributed by atoms with E-state index in [4.69, 9.17) is 16.3 Å². The highest BCUT2D eigenvalue weighted by Crippen LogP contribution is 2.52. The van der Waals surface area contributed by atoms with Gasteiger partial charge in [0.15, 0.2) is 0 Å². The molecule has 0 bridgehead atoms. The summed E-state index contributed by atoms with van der Waals surface area (Å²) in [5.74, 6) is -0.278. The van der Waals surface area contributed by atoms with E-state index >= 15 is 0 Å². The van der Waals surface area contributed by atoms with Gasteiger partial charge in [0.2, 0.25) is 11.8 Å². The molecule has 1 aliphatic carbocycles. The fourth-order valence-corrected chi connectivity index (χ4v) is 6.65. The summed E-state index contributed by atoms with van der Waals surface area (Å²) in [7, 11) is 0. The number of allylic oxidation sites excluding steroid dienone is 1. The van der Waals surface area contributed by atoms with Gasteiger partial charge in [0.1, 0.15) is 12.3 Å². The van der Waals surface area contributed by atoms with Gasteiger partial charge in [-0.05, 0) is 91.6 Å². The smallest absolute Gasteiger partial charge is 0.332 e. The van der Waals surface area contributed by atoms with E-state index in [0.717, 1.165) is 37.0 Å². The van der Waals surface area contributed by atoms with Crippen molar-refractivity contribution in [3.63, 3.8) is 0 Å². The molecule has 3 aliphatic rings. The van der Waals surface area contributed by atoms with Crippen LogP contribution in [0.1, 0.15) is 32.6 Å². The summed E-state index contributed by atoms with van der Waals surface area (Å²) >= 11 is 7.60. The maximum absolute atomic E-state index is 13.7. The van der Waals surface area contributed by atoms with Crippen LogP contribution in [0.3, 0.4) is 0 Å². The van der Waals surface area contributed by atoms with Crippen LogP contribution in [0.15, 0.2) is 59.0 Å². The van der Waals surface area contributed by atoms with E-state index in [-0.39, 0.29) is 18.4 Å². The molecule has 2 aromatic rings. The first-order valence-corrected chi connectivity index (χ1v) is 13.0. The molecule has 9 heteroatoms. The number of hydrogen-bond acceptors (Lipinski definition) is 5. The summed E-state index contributed by atoms with van der Waals surface area (Å²) in [6.45, 7) is 2.31. The lowest BCUT2D eigenvalue weighted by Crippen LogP contribution is -2.61. The van der Waals surface area contributed by atoms with Crippen molar-refractivity contribution in [2.24, 2.45) is 5.92 Å². The van der Waals surface area contributed by atoms with Crippen molar-refractivity contribution >= 4 is 52.6 Å². The van der Waals surface area contributed by atoms with Crippen LogP contribution in [0.2, 0.25) is 5.02 Å². The van der Waals surface area contributed by atoms with Crippen LogP contribution in [0.25, 0.3) is 0 Å². The highest BCUT2D eigenvalue weighted by molar-refractivity contribution is 8.04. The van der Waals surface area contributed by atoms with Crippen LogP contribution < -0.4 is 15.0 Å². The number of carbonyl (C=O) groups is 3. The lowest BCUT2D eigenvalue weighted by atomic mass is 9.86. The van der Waals surface area contributed by atoms with Gasteiger partial charge in [0, 0.05) is 10.7 Å². The zero-order valence-electron chi connectivity index (χ0n) is 19.3. The largest absolute Gasteiger partial charge is 0.494 e. The molecule has 182 valence electrons. The van der Waals surface area contributed by atoms with Gasteiger partial charge >= 0.3 is 6.03 Å². The minimum atomic E-state index is -0.493. The van der Waals surface area contributed by atoms with Crippen molar-refractivity contribution in [3.05, 3.63) is 64.0 Å². The quantitative estimate of drug-likeness (QED) is 0.541. The van der Waals surface area contributed by atoms with Crippen LogP contribution >= 0.6 is 23.4 Å². The molecule has 2 aliphatic heterocycles. The zero-order valence-corrected chi connectivity index (χ0v) is 20.9. The molecule has 0 aromatic heterocycles. The summed E-state index contributed by atoms with van der Waals surface area (Å²) in [5, 5.41) is 2.97. The Bertz CT molecular complexity index is 1180. The molecule has 0 saturated carbocycles. The third kappa shape index (κ3) is 4.65. The van der Waals surface area contributed by atoms with Gasteiger partial charge < -0.3 is 15.0 Å². The highest BCUT2D eigenvalue weighted by Gasteiger charge is 2.53. The second-order valence-corrected chi connectivity index (χ2v) is 10.4. The Balaban J connectivity index is 1.41. The predicted octanol–water partition coefficient (Wildman–Crippen LogP) is 5.66. The molecule has 0 radical (unpaired) electrons. The summed E-state index contributed by atoms with van der Waals surface area (Å²) in [4.78, 5) is 44.3. The fraction of sp³-hybridized carbons (Fsp3) is 0.346. The predicted molar refractivity (Wildman–Crippen MR) is 138 cm³/mol. The van der Waals surface area contributed by atoms with Gasteiger partial charge in [0.05, 0.1) is 23.6 Å². The van der Waals surface area contributed by atoms with Crippen LogP contribution in [0.4, 0.5) is 16.2 Å². The summed E-state index contributed by atoms with van der Waals surface area (Å²) in [6.07, 6.45) is 3.88. The third-order valence-electron chi connectivity index (χ3n) is 6.46. The van der Waals surface area contributed by atoms with Crippen LogP contribution in [0, 0.1) is 5.92 Å². The number of halogens is 1. The normalized spacial score (nSPS) is 21.7. The number of hydrogen-bond donors (Lipinski definition) is 1. The molecule has 2 atom stereocenters. The molecule has 5 rings (SSSR count). The number of amides is 4. The van der Waals surface area contributed by atoms with Crippen molar-refractivity contribution in [1.82, 2.24) is 4.90 Å². The summed E-state index contributed by atoms with van der Waals surface area (Å²) in [6, 6.07) is 13.2. The van der Waals surface area contributed by atoms with Gasteiger partial charge in [0.25, 0.3) is 0 Å². The van der Waals surface area contributed by atoms with Gasteiger partial charge in [-0.1, -0.05) is 11.6 Å². The van der Waals surface area contributed by atoms with Crippen molar-refractivity contribution in [2.45, 2.75) is 38.0 Å². The first-order chi connectivity index (χ1) is 17.0. The third-order valence-corrected chi connectivity index (χ3v) is 8.23. The molecule has 1 N–H and O–H groups in total. The van der Waals surface area contributed by atoms with E-state index in [1.165, 1.54) is 14.7 Å². The monoisotopic (exact) mass is 511 g/mol. The first kappa shape index (κ1) is 23.8. The van der Waals surface area contributed by atoms with Crippen molar-refractivity contribution < 1.29 is 19.1 Å². The Hall–Kier alpha value is -2.97. The molecular formula is C26H26ClN3O4S. The molecule has 7 nitrogen and oxygen atoms in total. The van der Waals surface area contributed by atoms with E-state index < -0.39 is 17.3 Å². The van der Waals surface area contributed by atoms with E-state index in [1.54, 1.807) is 60.3 Å². The van der Waals surface area contributed by atoms with E-state index in [1.807, 2.05) is 6.92 Å². The molecule has 1 saturated heterocycles. The van der Waals surface area contributed by atoms with E-state index in [2.05, 4.69) is 5.32 Å². The topological polar surface area (TPSA) is 79.0 Å². The number of rotatable bonds is 6. The van der Waals surface area contributed by atoms with E-state index in [0.29, 0.717) is 23.0 Å². The number of ether oxygens (including phenoxy) is 1. The summed E-state index contributed by atoms with van der Waals surface area (Å²) < 4.78 is 5.45. The Morgan fingerprint density at radius 2 is 1.80 bits per heavy atom. The number of imide groups is 1.